The molecule has 33 heavy (non-hydrogen) atoms. The van der Waals surface area contributed by atoms with Crippen molar-refractivity contribution >= 4 is 21.6 Å². The highest BCUT2D eigenvalue weighted by molar-refractivity contribution is 8.77. The van der Waals surface area contributed by atoms with Crippen molar-refractivity contribution in [3.8, 4) is 0 Å². The maximum atomic E-state index is 8.91. The maximum Gasteiger partial charge on any atom is 0.0431 e. The third-order valence-corrected chi connectivity index (χ3v) is 10.2. The molecule has 0 aromatic rings. The van der Waals surface area contributed by atoms with Gasteiger partial charge in [0.2, 0.25) is 0 Å². The zero-order valence-electron chi connectivity index (χ0n) is 21.8. The van der Waals surface area contributed by atoms with Gasteiger partial charge in [-0.3, -0.25) is 0 Å². The second-order valence-electron chi connectivity index (χ2n) is 10.4. The summed E-state index contributed by atoms with van der Waals surface area (Å²) in [5, 5.41) is 18.7. The molecule has 0 radical (unpaired) electrons. The van der Waals surface area contributed by atoms with E-state index in [1.807, 2.05) is 0 Å². The molecule has 0 aromatic carbocycles. The summed E-state index contributed by atoms with van der Waals surface area (Å²) in [6.07, 6.45) is 28.7. The Morgan fingerprint density at radius 2 is 1.18 bits per heavy atom. The Hall–Kier alpha value is 0.360. The average Bonchev–Trinajstić information content (AvgIpc) is 3.34. The van der Waals surface area contributed by atoms with Gasteiger partial charge in [0, 0.05) is 24.2 Å². The average molecular weight is 501 g/mol. The first-order valence-electron chi connectivity index (χ1n) is 14.4. The minimum absolute atomic E-state index is 0.353. The lowest BCUT2D eigenvalue weighted by atomic mass is 9.89. The van der Waals surface area contributed by atoms with Crippen molar-refractivity contribution in [2.24, 2.45) is 5.92 Å². The van der Waals surface area contributed by atoms with Gasteiger partial charge in [0.1, 0.15) is 0 Å². The highest BCUT2D eigenvalue weighted by atomic mass is 33.1. The van der Waals surface area contributed by atoms with Crippen LogP contribution in [0.15, 0.2) is 12.2 Å². The summed E-state index contributed by atoms with van der Waals surface area (Å²) in [6, 6.07) is 0. The molecule has 1 aliphatic rings. The van der Waals surface area contributed by atoms with Crippen molar-refractivity contribution in [1.29, 1.82) is 0 Å². The van der Waals surface area contributed by atoms with E-state index in [0.29, 0.717) is 13.2 Å². The van der Waals surface area contributed by atoms with Gasteiger partial charge in [-0.25, -0.2) is 0 Å². The third-order valence-electron chi connectivity index (χ3n) is 7.22. The monoisotopic (exact) mass is 500 g/mol. The Balaban J connectivity index is 2.13. The standard InChI is InChI=1S/C29H56O2S2/c1-27(17-12-13-22-29-23-26-32-33-29)18-16-21-28(19-10-6-2-4-8-14-24-30)20-11-7-3-5-9-15-25-31/h28-31H,1-26H2. The van der Waals surface area contributed by atoms with Gasteiger partial charge in [-0.2, -0.15) is 0 Å². The van der Waals surface area contributed by atoms with Crippen molar-refractivity contribution in [3.05, 3.63) is 12.2 Å². The van der Waals surface area contributed by atoms with Crippen LogP contribution in [0.25, 0.3) is 0 Å². The normalized spacial score (nSPS) is 16.2. The number of allylic oxidation sites excluding steroid dienone is 1. The van der Waals surface area contributed by atoms with Gasteiger partial charge in [-0.05, 0) is 57.3 Å². The number of aliphatic hydroxyl groups excluding tert-OH is 2. The van der Waals surface area contributed by atoms with Crippen molar-refractivity contribution in [1.82, 2.24) is 0 Å². The molecule has 0 aliphatic carbocycles. The van der Waals surface area contributed by atoms with Crippen molar-refractivity contribution in [2.45, 2.75) is 147 Å². The fraction of sp³-hybridized carbons (Fsp3) is 0.931. The van der Waals surface area contributed by atoms with E-state index in [-0.39, 0.29) is 0 Å². The Bertz CT molecular complexity index is 406. The van der Waals surface area contributed by atoms with Crippen LogP contribution < -0.4 is 0 Å². The van der Waals surface area contributed by atoms with Crippen LogP contribution in [-0.4, -0.2) is 34.4 Å². The Morgan fingerprint density at radius 3 is 1.73 bits per heavy atom. The first-order chi connectivity index (χ1) is 16.3. The van der Waals surface area contributed by atoms with Crippen LogP contribution in [0.3, 0.4) is 0 Å². The van der Waals surface area contributed by atoms with Crippen molar-refractivity contribution < 1.29 is 10.2 Å². The van der Waals surface area contributed by atoms with Crippen LogP contribution in [0, 0.1) is 5.92 Å². The van der Waals surface area contributed by atoms with E-state index in [2.05, 4.69) is 28.2 Å². The third kappa shape index (κ3) is 20.3. The van der Waals surface area contributed by atoms with Crippen LogP contribution in [0.5, 0.6) is 0 Å². The lowest BCUT2D eigenvalue weighted by molar-refractivity contribution is 0.282. The van der Waals surface area contributed by atoms with Crippen LogP contribution in [0.4, 0.5) is 0 Å². The van der Waals surface area contributed by atoms with E-state index in [1.165, 1.54) is 140 Å². The van der Waals surface area contributed by atoms with E-state index in [1.54, 1.807) is 0 Å². The molecule has 0 aromatic heterocycles. The van der Waals surface area contributed by atoms with Crippen LogP contribution in [-0.2, 0) is 0 Å². The SMILES string of the molecule is C=C(CCCCC1CCSS1)CCCC(CCCCCCCCO)CCCCCCCCO. The molecular weight excluding hydrogens is 444 g/mol. The van der Waals surface area contributed by atoms with Gasteiger partial charge in [0.15, 0.2) is 0 Å². The van der Waals surface area contributed by atoms with Crippen LogP contribution in [0.1, 0.15) is 141 Å². The lowest BCUT2D eigenvalue weighted by Gasteiger charge is -2.17. The molecule has 1 rings (SSSR count). The summed E-state index contributed by atoms with van der Waals surface area (Å²) in [6.45, 7) is 5.10. The lowest BCUT2D eigenvalue weighted by Crippen LogP contribution is -2.02. The molecule has 0 amide bonds. The Labute approximate surface area is 214 Å². The molecule has 0 bridgehead atoms. The first-order valence-corrected chi connectivity index (χ1v) is 16.8. The number of hydrogen-bond donors (Lipinski definition) is 2. The smallest absolute Gasteiger partial charge is 0.0431 e. The highest BCUT2D eigenvalue weighted by Crippen LogP contribution is 2.40. The summed E-state index contributed by atoms with van der Waals surface area (Å²) in [5.41, 5.74) is 1.50. The molecule has 2 nitrogen and oxygen atoms in total. The topological polar surface area (TPSA) is 40.5 Å². The summed E-state index contributed by atoms with van der Waals surface area (Å²) in [4.78, 5) is 0. The largest absolute Gasteiger partial charge is 0.396 e. The Kier molecular flexibility index (Phi) is 22.9. The first kappa shape index (κ1) is 31.4. The van der Waals surface area contributed by atoms with Gasteiger partial charge in [0.25, 0.3) is 0 Å². The van der Waals surface area contributed by atoms with E-state index in [0.717, 1.165) is 24.0 Å². The number of aliphatic hydroxyl groups is 2. The minimum Gasteiger partial charge on any atom is -0.396 e. The predicted molar refractivity (Wildman–Crippen MR) is 152 cm³/mol. The molecule has 1 aliphatic heterocycles. The quantitative estimate of drug-likeness (QED) is 0.0743. The molecule has 1 unspecified atom stereocenters. The highest BCUT2D eigenvalue weighted by Gasteiger charge is 2.15. The van der Waals surface area contributed by atoms with Gasteiger partial charge >= 0.3 is 0 Å². The zero-order chi connectivity index (χ0) is 23.8. The fourth-order valence-electron chi connectivity index (χ4n) is 5.01. The van der Waals surface area contributed by atoms with E-state index in [9.17, 15) is 0 Å². The summed E-state index contributed by atoms with van der Waals surface area (Å²) < 4.78 is 0. The van der Waals surface area contributed by atoms with E-state index < -0.39 is 0 Å². The van der Waals surface area contributed by atoms with E-state index >= 15 is 0 Å². The molecule has 1 heterocycles. The minimum atomic E-state index is 0.353. The van der Waals surface area contributed by atoms with Gasteiger partial charge in [0.05, 0.1) is 0 Å². The summed E-state index contributed by atoms with van der Waals surface area (Å²) >= 11 is 0. The van der Waals surface area contributed by atoms with Gasteiger partial charge in [-0.1, -0.05) is 124 Å². The number of unbranched alkanes of at least 4 members (excludes halogenated alkanes) is 11. The van der Waals surface area contributed by atoms with Crippen molar-refractivity contribution in [2.75, 3.05) is 19.0 Å². The molecule has 4 heteroatoms. The predicted octanol–water partition coefficient (Wildman–Crippen LogP) is 9.49. The molecule has 2 N–H and O–H groups in total. The van der Waals surface area contributed by atoms with Crippen LogP contribution in [0.2, 0.25) is 0 Å². The molecule has 0 saturated carbocycles. The molecule has 196 valence electrons. The summed E-state index contributed by atoms with van der Waals surface area (Å²) in [5.74, 6) is 2.26. The Morgan fingerprint density at radius 1 is 0.667 bits per heavy atom. The second-order valence-corrected chi connectivity index (χ2v) is 13.1. The summed E-state index contributed by atoms with van der Waals surface area (Å²) in [7, 11) is 4.18. The number of rotatable bonds is 25. The number of hydrogen-bond acceptors (Lipinski definition) is 4. The van der Waals surface area contributed by atoms with Gasteiger partial charge < -0.3 is 10.2 Å². The molecule has 0 spiro atoms. The van der Waals surface area contributed by atoms with E-state index in [4.69, 9.17) is 10.2 Å². The van der Waals surface area contributed by atoms with Crippen molar-refractivity contribution in [3.63, 3.8) is 0 Å². The zero-order valence-corrected chi connectivity index (χ0v) is 23.4. The second kappa shape index (κ2) is 24.1. The fourth-order valence-corrected chi connectivity index (χ4v) is 8.04. The molecule has 1 atom stereocenters. The van der Waals surface area contributed by atoms with Gasteiger partial charge in [-0.15, -0.1) is 0 Å². The molecule has 1 saturated heterocycles. The molecule has 1 fully saturated rings. The maximum absolute atomic E-state index is 8.91. The molecular formula is C29H56O2S2. The van der Waals surface area contributed by atoms with Crippen LogP contribution >= 0.6 is 21.6 Å².